The van der Waals surface area contributed by atoms with Crippen molar-refractivity contribution >= 4 is 17.7 Å². The van der Waals surface area contributed by atoms with Gasteiger partial charge in [-0.25, -0.2) is 4.79 Å². The zero-order valence-electron chi connectivity index (χ0n) is 12.0. The van der Waals surface area contributed by atoms with Crippen molar-refractivity contribution in [2.75, 3.05) is 7.11 Å². The molecular weight excluding hydrogens is 276 g/mol. The monoisotopic (exact) mass is 294 g/mol. The van der Waals surface area contributed by atoms with Crippen LogP contribution < -0.4 is 11.1 Å². The van der Waals surface area contributed by atoms with Gasteiger partial charge in [-0.05, 0) is 12.0 Å². The minimum absolute atomic E-state index is 0.0994. The van der Waals surface area contributed by atoms with Crippen molar-refractivity contribution in [2.45, 2.75) is 19.9 Å². The molecule has 1 aromatic rings. The number of esters is 1. The normalized spacial score (nSPS) is 12.9. The number of amides is 1. The number of hydrogen-bond donors (Lipinski definition) is 3. The van der Waals surface area contributed by atoms with Crippen molar-refractivity contribution in [3.05, 3.63) is 29.6 Å². The van der Waals surface area contributed by atoms with Gasteiger partial charge in [0.15, 0.2) is 5.84 Å². The maximum absolute atomic E-state index is 12.3. The Hall–Kier alpha value is -2.64. The molecule has 0 unspecified atom stereocenters. The third kappa shape index (κ3) is 3.91. The minimum Gasteiger partial charge on any atom is -0.467 e. The summed E-state index contributed by atoms with van der Waals surface area (Å²) in [4.78, 5) is 27.8. The lowest BCUT2D eigenvalue weighted by Gasteiger charge is -2.20. The van der Waals surface area contributed by atoms with E-state index in [9.17, 15) is 9.59 Å². The van der Waals surface area contributed by atoms with Crippen molar-refractivity contribution in [3.63, 3.8) is 0 Å². The highest BCUT2D eigenvalue weighted by atomic mass is 16.5. The SMILES string of the molecule is COC(=O)[C@@H](NC(=O)c1cnccc1/C(N)=N/O)C(C)C. The summed E-state index contributed by atoms with van der Waals surface area (Å²) < 4.78 is 4.65. The summed E-state index contributed by atoms with van der Waals surface area (Å²) in [7, 11) is 1.25. The number of nitrogens with one attached hydrogen (secondary N) is 1. The van der Waals surface area contributed by atoms with E-state index in [0.29, 0.717) is 0 Å². The first-order valence-electron chi connectivity index (χ1n) is 6.23. The summed E-state index contributed by atoms with van der Waals surface area (Å²) >= 11 is 0. The molecule has 0 aliphatic heterocycles. The first-order valence-corrected chi connectivity index (χ1v) is 6.23. The Morgan fingerprint density at radius 1 is 1.43 bits per heavy atom. The molecule has 1 amide bonds. The van der Waals surface area contributed by atoms with E-state index < -0.39 is 17.9 Å². The van der Waals surface area contributed by atoms with Crippen LogP contribution in [0.25, 0.3) is 0 Å². The number of ether oxygens (including phenoxy) is 1. The van der Waals surface area contributed by atoms with Crippen LogP contribution >= 0.6 is 0 Å². The lowest BCUT2D eigenvalue weighted by molar-refractivity contribution is -0.144. The molecule has 0 fully saturated rings. The van der Waals surface area contributed by atoms with Gasteiger partial charge < -0.3 is 21.0 Å². The number of carbonyl (C=O) groups is 2. The van der Waals surface area contributed by atoms with Crippen LogP contribution in [0.15, 0.2) is 23.6 Å². The Bertz CT molecular complexity index is 557. The third-order valence-electron chi connectivity index (χ3n) is 2.86. The van der Waals surface area contributed by atoms with Crippen LogP contribution in [-0.4, -0.2) is 41.1 Å². The lowest BCUT2D eigenvalue weighted by atomic mass is 10.0. The molecule has 8 heteroatoms. The molecule has 0 aromatic carbocycles. The van der Waals surface area contributed by atoms with Gasteiger partial charge in [0.25, 0.3) is 5.91 Å². The van der Waals surface area contributed by atoms with Gasteiger partial charge in [0, 0.05) is 18.0 Å². The molecule has 21 heavy (non-hydrogen) atoms. The largest absolute Gasteiger partial charge is 0.467 e. The highest BCUT2D eigenvalue weighted by Crippen LogP contribution is 2.10. The summed E-state index contributed by atoms with van der Waals surface area (Å²) in [6.07, 6.45) is 2.68. The average molecular weight is 294 g/mol. The fraction of sp³-hybridized carbons (Fsp3) is 0.385. The summed E-state index contributed by atoms with van der Waals surface area (Å²) in [6, 6.07) is 0.634. The second-order valence-electron chi connectivity index (χ2n) is 4.62. The van der Waals surface area contributed by atoms with Crippen molar-refractivity contribution in [1.29, 1.82) is 0 Å². The standard InChI is InChI=1S/C13H18N4O4/c1-7(2)10(13(19)21-3)16-12(18)9-6-15-5-4-8(9)11(14)17-20/h4-7,10,20H,1-3H3,(H2,14,17)(H,16,18)/t10-/m0/s1. The number of rotatable bonds is 5. The van der Waals surface area contributed by atoms with E-state index in [-0.39, 0.29) is 22.9 Å². The van der Waals surface area contributed by atoms with Crippen molar-refractivity contribution < 1.29 is 19.5 Å². The van der Waals surface area contributed by atoms with Gasteiger partial charge in [-0.15, -0.1) is 0 Å². The van der Waals surface area contributed by atoms with Gasteiger partial charge in [0.2, 0.25) is 0 Å². The number of oxime groups is 1. The lowest BCUT2D eigenvalue weighted by Crippen LogP contribution is -2.45. The molecule has 0 saturated heterocycles. The van der Waals surface area contributed by atoms with Gasteiger partial charge in [0.05, 0.1) is 12.7 Å². The molecule has 0 bridgehead atoms. The van der Waals surface area contributed by atoms with E-state index in [2.05, 4.69) is 20.2 Å². The number of aromatic nitrogens is 1. The van der Waals surface area contributed by atoms with Crippen molar-refractivity contribution in [3.8, 4) is 0 Å². The first kappa shape index (κ1) is 16.4. The van der Waals surface area contributed by atoms with Crippen LogP contribution in [0.3, 0.4) is 0 Å². The Kier molecular flexibility index (Phi) is 5.65. The molecule has 1 rings (SSSR count). The Balaban J connectivity index is 3.07. The molecule has 0 aliphatic carbocycles. The molecule has 0 radical (unpaired) electrons. The van der Waals surface area contributed by atoms with Crippen molar-refractivity contribution in [1.82, 2.24) is 10.3 Å². The van der Waals surface area contributed by atoms with Crippen LogP contribution in [0.4, 0.5) is 0 Å². The highest BCUT2D eigenvalue weighted by molar-refractivity contribution is 6.08. The van der Waals surface area contributed by atoms with E-state index in [1.807, 2.05) is 0 Å². The molecule has 0 spiro atoms. The highest BCUT2D eigenvalue weighted by Gasteiger charge is 2.26. The summed E-state index contributed by atoms with van der Waals surface area (Å²) in [5, 5.41) is 14.1. The van der Waals surface area contributed by atoms with Gasteiger partial charge in [0.1, 0.15) is 6.04 Å². The van der Waals surface area contributed by atoms with Gasteiger partial charge in [-0.1, -0.05) is 19.0 Å². The predicted molar refractivity (Wildman–Crippen MR) is 74.9 cm³/mol. The minimum atomic E-state index is -0.803. The van der Waals surface area contributed by atoms with Crippen LogP contribution in [0, 0.1) is 5.92 Å². The summed E-state index contributed by atoms with van der Waals surface area (Å²) in [5.74, 6) is -1.49. The second-order valence-corrected chi connectivity index (χ2v) is 4.62. The van der Waals surface area contributed by atoms with Crippen LogP contribution in [0.5, 0.6) is 0 Å². The number of nitrogens with two attached hydrogens (primary N) is 1. The number of methoxy groups -OCH3 is 1. The molecule has 0 aliphatic rings. The van der Waals surface area contributed by atoms with Crippen LogP contribution in [0.2, 0.25) is 0 Å². The van der Waals surface area contributed by atoms with Gasteiger partial charge >= 0.3 is 5.97 Å². The Labute approximate surface area is 122 Å². The van der Waals surface area contributed by atoms with Gasteiger partial charge in [-0.2, -0.15) is 0 Å². The zero-order chi connectivity index (χ0) is 16.0. The number of amidine groups is 1. The fourth-order valence-corrected chi connectivity index (χ4v) is 1.70. The quantitative estimate of drug-likeness (QED) is 0.232. The number of pyridine rings is 1. The van der Waals surface area contributed by atoms with E-state index in [0.717, 1.165) is 0 Å². The average Bonchev–Trinajstić information content (AvgIpc) is 2.50. The Morgan fingerprint density at radius 3 is 2.62 bits per heavy atom. The molecule has 0 saturated carbocycles. The summed E-state index contributed by atoms with van der Waals surface area (Å²) in [6.45, 7) is 3.55. The van der Waals surface area contributed by atoms with E-state index in [1.54, 1.807) is 13.8 Å². The smallest absolute Gasteiger partial charge is 0.328 e. The van der Waals surface area contributed by atoms with Gasteiger partial charge in [-0.3, -0.25) is 9.78 Å². The predicted octanol–water partition coefficient (Wildman–Crippen LogP) is 0.103. The second kappa shape index (κ2) is 7.22. The maximum atomic E-state index is 12.3. The molecule has 1 heterocycles. The molecular formula is C13H18N4O4. The van der Waals surface area contributed by atoms with Crippen LogP contribution in [-0.2, 0) is 9.53 Å². The first-order chi connectivity index (χ1) is 9.92. The zero-order valence-corrected chi connectivity index (χ0v) is 12.0. The third-order valence-corrected chi connectivity index (χ3v) is 2.86. The number of hydrogen-bond acceptors (Lipinski definition) is 6. The summed E-state index contributed by atoms with van der Waals surface area (Å²) in [5.41, 5.74) is 5.83. The molecule has 8 nitrogen and oxygen atoms in total. The van der Waals surface area contributed by atoms with Crippen LogP contribution in [0.1, 0.15) is 29.8 Å². The Morgan fingerprint density at radius 2 is 2.10 bits per heavy atom. The number of nitrogens with zero attached hydrogens (tertiary/aromatic N) is 2. The number of carbonyl (C=O) groups excluding carboxylic acids is 2. The van der Waals surface area contributed by atoms with E-state index in [4.69, 9.17) is 10.9 Å². The molecule has 4 N–H and O–H groups in total. The molecule has 1 atom stereocenters. The van der Waals surface area contributed by atoms with Crippen molar-refractivity contribution in [2.24, 2.45) is 16.8 Å². The molecule has 1 aromatic heterocycles. The maximum Gasteiger partial charge on any atom is 0.328 e. The van der Waals surface area contributed by atoms with E-state index >= 15 is 0 Å². The fourth-order valence-electron chi connectivity index (χ4n) is 1.70. The van der Waals surface area contributed by atoms with E-state index in [1.165, 1.54) is 25.6 Å². The topological polar surface area (TPSA) is 127 Å². The molecule has 114 valence electrons.